The van der Waals surface area contributed by atoms with Crippen LogP contribution in [-0.4, -0.2) is 25.6 Å². The van der Waals surface area contributed by atoms with Crippen molar-refractivity contribution >= 4 is 5.96 Å². The van der Waals surface area contributed by atoms with Gasteiger partial charge >= 0.3 is 0 Å². The van der Waals surface area contributed by atoms with E-state index in [1.165, 1.54) is 6.42 Å². The zero-order valence-corrected chi connectivity index (χ0v) is 9.93. The van der Waals surface area contributed by atoms with Gasteiger partial charge in [0.1, 0.15) is 0 Å². The summed E-state index contributed by atoms with van der Waals surface area (Å²) in [7, 11) is 0. The van der Waals surface area contributed by atoms with E-state index in [2.05, 4.69) is 35.4 Å². The highest BCUT2D eigenvalue weighted by atomic mass is 15.2. The topological polar surface area (TPSA) is 36.4 Å². The van der Waals surface area contributed by atoms with Crippen molar-refractivity contribution in [2.24, 2.45) is 16.3 Å². The van der Waals surface area contributed by atoms with Crippen LogP contribution in [0, 0.1) is 23.7 Å². The predicted molar refractivity (Wildman–Crippen MR) is 64.7 cm³/mol. The molecule has 1 saturated carbocycles. The molecule has 1 unspecified atom stereocenters. The second-order valence-corrected chi connectivity index (χ2v) is 4.67. The molecular formula is C12H21N3. The molecule has 1 aliphatic rings. The van der Waals surface area contributed by atoms with Crippen LogP contribution in [0.4, 0.5) is 0 Å². The molecule has 84 valence electrons. The maximum Gasteiger partial charge on any atom is 0.192 e. The first-order valence-corrected chi connectivity index (χ1v) is 5.56. The van der Waals surface area contributed by atoms with Crippen molar-refractivity contribution in [2.45, 2.75) is 27.2 Å². The highest BCUT2D eigenvalue weighted by Gasteiger charge is 2.45. The Labute approximate surface area is 92.7 Å². The summed E-state index contributed by atoms with van der Waals surface area (Å²) >= 11 is 0. The van der Waals surface area contributed by atoms with Crippen molar-refractivity contribution in [2.75, 3.05) is 19.6 Å². The summed E-state index contributed by atoms with van der Waals surface area (Å²) in [6, 6.07) is 0. The molecule has 0 bridgehead atoms. The molecule has 0 aliphatic heterocycles. The number of nitrogens with zero attached hydrogens (tertiary/aromatic N) is 1. The molecule has 0 saturated heterocycles. The highest BCUT2D eigenvalue weighted by Crippen LogP contribution is 2.51. The van der Waals surface area contributed by atoms with E-state index < -0.39 is 0 Å². The number of rotatable bonds is 4. The lowest BCUT2D eigenvalue weighted by Crippen LogP contribution is -2.37. The first kappa shape index (κ1) is 11.9. The number of hydrogen-bond donors (Lipinski definition) is 2. The molecule has 0 aromatic rings. The van der Waals surface area contributed by atoms with Crippen LogP contribution >= 0.6 is 0 Å². The van der Waals surface area contributed by atoms with E-state index >= 15 is 0 Å². The van der Waals surface area contributed by atoms with Crippen molar-refractivity contribution in [1.29, 1.82) is 0 Å². The third-order valence-corrected chi connectivity index (χ3v) is 2.89. The van der Waals surface area contributed by atoms with Crippen LogP contribution in [0.3, 0.4) is 0 Å². The van der Waals surface area contributed by atoms with Crippen molar-refractivity contribution in [1.82, 2.24) is 10.6 Å². The fraction of sp³-hybridized carbons (Fsp3) is 0.750. The maximum atomic E-state index is 5.19. The first-order chi connectivity index (χ1) is 7.10. The zero-order valence-electron chi connectivity index (χ0n) is 9.93. The molecule has 15 heavy (non-hydrogen) atoms. The fourth-order valence-corrected chi connectivity index (χ4v) is 1.57. The third-order valence-electron chi connectivity index (χ3n) is 2.89. The van der Waals surface area contributed by atoms with Gasteiger partial charge in [0.15, 0.2) is 5.96 Å². The molecule has 1 fully saturated rings. The number of aliphatic imine (C=N–C) groups is 1. The van der Waals surface area contributed by atoms with Crippen molar-refractivity contribution in [3.05, 3.63) is 0 Å². The van der Waals surface area contributed by atoms with E-state index in [0.717, 1.165) is 25.0 Å². The molecule has 3 heteroatoms. The highest BCUT2D eigenvalue weighted by molar-refractivity contribution is 5.80. The van der Waals surface area contributed by atoms with Crippen LogP contribution < -0.4 is 10.6 Å². The summed E-state index contributed by atoms with van der Waals surface area (Å²) < 4.78 is 0. The van der Waals surface area contributed by atoms with Crippen molar-refractivity contribution in [3.63, 3.8) is 0 Å². The molecule has 2 N–H and O–H groups in total. The van der Waals surface area contributed by atoms with Crippen LogP contribution in [0.5, 0.6) is 0 Å². The van der Waals surface area contributed by atoms with Gasteiger partial charge in [0.25, 0.3) is 0 Å². The van der Waals surface area contributed by atoms with Gasteiger partial charge in [-0.1, -0.05) is 19.8 Å². The van der Waals surface area contributed by atoms with Gasteiger partial charge in [0, 0.05) is 13.1 Å². The van der Waals surface area contributed by atoms with Gasteiger partial charge in [-0.15, -0.1) is 6.42 Å². The third kappa shape index (κ3) is 3.83. The minimum absolute atomic E-state index is 0.493. The predicted octanol–water partition coefficient (Wildman–Crippen LogP) is 1.22. The fourth-order valence-electron chi connectivity index (χ4n) is 1.57. The molecule has 0 amide bonds. The Kier molecular flexibility index (Phi) is 4.02. The Hall–Kier alpha value is -1.17. The quantitative estimate of drug-likeness (QED) is 0.413. The minimum Gasteiger partial charge on any atom is -0.357 e. The summed E-state index contributed by atoms with van der Waals surface area (Å²) in [5, 5.41) is 6.25. The van der Waals surface area contributed by atoms with Gasteiger partial charge in [-0.3, -0.25) is 4.99 Å². The van der Waals surface area contributed by atoms with Gasteiger partial charge in [0.2, 0.25) is 0 Å². The first-order valence-electron chi connectivity index (χ1n) is 5.56. The molecule has 0 radical (unpaired) electrons. The van der Waals surface area contributed by atoms with Gasteiger partial charge in [-0.25, -0.2) is 0 Å². The lowest BCUT2D eigenvalue weighted by molar-refractivity contribution is 0.564. The maximum absolute atomic E-state index is 5.19. The smallest absolute Gasteiger partial charge is 0.192 e. The number of terminal acetylenes is 1. The standard InChI is InChI=1S/C12H21N3/c1-5-7-14-11(13-6-2)15-9-10-8-12(10,3)4/h1,10H,6-9H2,2-4H3,(H2,13,14,15). The van der Waals surface area contributed by atoms with Crippen LogP contribution in [0.1, 0.15) is 27.2 Å². The van der Waals surface area contributed by atoms with Gasteiger partial charge in [0.05, 0.1) is 6.54 Å². The minimum atomic E-state index is 0.493. The molecule has 1 atom stereocenters. The van der Waals surface area contributed by atoms with Crippen LogP contribution in [0.15, 0.2) is 4.99 Å². The summed E-state index contributed by atoms with van der Waals surface area (Å²) in [6.45, 7) is 8.91. The molecule has 0 heterocycles. The van der Waals surface area contributed by atoms with Gasteiger partial charge in [-0.05, 0) is 24.7 Å². The van der Waals surface area contributed by atoms with Crippen LogP contribution in [0.25, 0.3) is 0 Å². The number of hydrogen-bond acceptors (Lipinski definition) is 1. The molecule has 0 aromatic heterocycles. The Morgan fingerprint density at radius 1 is 1.53 bits per heavy atom. The van der Waals surface area contributed by atoms with E-state index in [1.54, 1.807) is 0 Å². The zero-order chi connectivity index (χ0) is 11.3. The Bertz CT molecular complexity index is 273. The molecule has 3 nitrogen and oxygen atoms in total. The van der Waals surface area contributed by atoms with Crippen LogP contribution in [-0.2, 0) is 0 Å². The van der Waals surface area contributed by atoms with Crippen LogP contribution in [0.2, 0.25) is 0 Å². The monoisotopic (exact) mass is 207 g/mol. The van der Waals surface area contributed by atoms with Crippen molar-refractivity contribution in [3.8, 4) is 12.3 Å². The summed E-state index contributed by atoms with van der Waals surface area (Å²) in [5.74, 6) is 4.11. The Morgan fingerprint density at radius 3 is 2.67 bits per heavy atom. The number of nitrogens with one attached hydrogen (secondary N) is 2. The van der Waals surface area contributed by atoms with Gasteiger partial charge in [-0.2, -0.15) is 0 Å². The van der Waals surface area contributed by atoms with E-state index in [9.17, 15) is 0 Å². The lowest BCUT2D eigenvalue weighted by Gasteiger charge is -2.08. The van der Waals surface area contributed by atoms with E-state index in [0.29, 0.717) is 12.0 Å². The normalized spacial score (nSPS) is 23.1. The lowest BCUT2D eigenvalue weighted by atomic mass is 10.1. The van der Waals surface area contributed by atoms with E-state index in [4.69, 9.17) is 6.42 Å². The molecule has 0 spiro atoms. The summed E-state index contributed by atoms with van der Waals surface area (Å²) in [5.41, 5.74) is 0.493. The summed E-state index contributed by atoms with van der Waals surface area (Å²) in [4.78, 5) is 4.51. The summed E-state index contributed by atoms with van der Waals surface area (Å²) in [6.07, 6.45) is 6.47. The molecule has 1 rings (SSSR count). The Balaban J connectivity index is 2.35. The molecule has 0 aromatic carbocycles. The Morgan fingerprint density at radius 2 is 2.20 bits per heavy atom. The molecule has 1 aliphatic carbocycles. The van der Waals surface area contributed by atoms with E-state index in [-0.39, 0.29) is 0 Å². The number of guanidine groups is 1. The second kappa shape index (κ2) is 5.06. The molecular weight excluding hydrogens is 186 g/mol. The SMILES string of the molecule is C#CCNC(=NCC1CC1(C)C)NCC. The average Bonchev–Trinajstić information content (AvgIpc) is 2.79. The van der Waals surface area contributed by atoms with E-state index in [1.807, 2.05) is 6.92 Å². The van der Waals surface area contributed by atoms with Gasteiger partial charge < -0.3 is 10.6 Å². The van der Waals surface area contributed by atoms with Crippen molar-refractivity contribution < 1.29 is 0 Å². The largest absolute Gasteiger partial charge is 0.357 e. The second-order valence-electron chi connectivity index (χ2n) is 4.67. The average molecular weight is 207 g/mol.